The summed E-state index contributed by atoms with van der Waals surface area (Å²) in [4.78, 5) is 5.25. The smallest absolute Gasteiger partial charge is 0.0794 e. The van der Waals surface area contributed by atoms with E-state index < -0.39 is 0 Å². The predicted octanol–water partition coefficient (Wildman–Crippen LogP) is 1.16. The van der Waals surface area contributed by atoms with Crippen LogP contribution in [-0.2, 0) is 13.1 Å². The SMILES string of the molecule is c1ncc(CNCc2cn[nH]c2)s1. The van der Waals surface area contributed by atoms with Gasteiger partial charge in [-0.3, -0.25) is 10.1 Å². The topological polar surface area (TPSA) is 53.6 Å². The number of aromatic nitrogens is 3. The molecule has 2 aromatic rings. The lowest BCUT2D eigenvalue weighted by molar-refractivity contribution is 0.700. The maximum absolute atomic E-state index is 4.00. The van der Waals surface area contributed by atoms with Crippen molar-refractivity contribution in [1.29, 1.82) is 0 Å². The Balaban J connectivity index is 1.76. The fraction of sp³-hybridized carbons (Fsp3) is 0.250. The molecule has 0 saturated carbocycles. The van der Waals surface area contributed by atoms with Crippen molar-refractivity contribution in [3.8, 4) is 0 Å². The Hall–Kier alpha value is -1.20. The van der Waals surface area contributed by atoms with Crippen molar-refractivity contribution >= 4 is 11.3 Å². The molecule has 0 atom stereocenters. The van der Waals surface area contributed by atoms with Gasteiger partial charge in [0.25, 0.3) is 0 Å². The van der Waals surface area contributed by atoms with Crippen LogP contribution >= 0.6 is 11.3 Å². The van der Waals surface area contributed by atoms with E-state index in [1.165, 1.54) is 10.4 Å². The minimum absolute atomic E-state index is 0.842. The molecule has 0 aliphatic heterocycles. The van der Waals surface area contributed by atoms with E-state index >= 15 is 0 Å². The lowest BCUT2D eigenvalue weighted by Gasteiger charge is -1.98. The lowest BCUT2D eigenvalue weighted by Crippen LogP contribution is -2.10. The van der Waals surface area contributed by atoms with Gasteiger partial charge in [0.15, 0.2) is 0 Å². The number of rotatable bonds is 4. The third kappa shape index (κ3) is 2.37. The van der Waals surface area contributed by atoms with Gasteiger partial charge in [0, 0.05) is 35.9 Å². The van der Waals surface area contributed by atoms with Crippen LogP contribution in [0, 0.1) is 0 Å². The molecule has 2 rings (SSSR count). The molecule has 0 amide bonds. The van der Waals surface area contributed by atoms with Crippen LogP contribution in [0.4, 0.5) is 0 Å². The van der Waals surface area contributed by atoms with Crippen LogP contribution in [0.15, 0.2) is 24.1 Å². The quantitative estimate of drug-likeness (QED) is 0.767. The summed E-state index contributed by atoms with van der Waals surface area (Å²) in [5, 5.41) is 9.94. The summed E-state index contributed by atoms with van der Waals surface area (Å²) in [5.41, 5.74) is 3.01. The highest BCUT2D eigenvalue weighted by atomic mass is 32.1. The first-order valence-electron chi connectivity index (χ1n) is 4.01. The monoisotopic (exact) mass is 194 g/mol. The summed E-state index contributed by atoms with van der Waals surface area (Å²) in [5.74, 6) is 0. The highest BCUT2D eigenvalue weighted by Crippen LogP contribution is 2.04. The van der Waals surface area contributed by atoms with Gasteiger partial charge in [-0.1, -0.05) is 0 Å². The van der Waals surface area contributed by atoms with E-state index in [1.807, 2.05) is 24.1 Å². The first kappa shape index (κ1) is 8.40. The van der Waals surface area contributed by atoms with Gasteiger partial charge < -0.3 is 5.32 Å². The molecule has 0 unspecified atom stereocenters. The molecule has 2 N–H and O–H groups in total. The summed E-state index contributed by atoms with van der Waals surface area (Å²) >= 11 is 1.66. The third-order valence-electron chi connectivity index (χ3n) is 1.67. The van der Waals surface area contributed by atoms with E-state index in [9.17, 15) is 0 Å². The van der Waals surface area contributed by atoms with Crippen LogP contribution in [0.2, 0.25) is 0 Å². The second kappa shape index (κ2) is 4.15. The average Bonchev–Trinajstić information content (AvgIpc) is 2.75. The van der Waals surface area contributed by atoms with E-state index in [2.05, 4.69) is 20.5 Å². The molecule has 0 spiro atoms. The van der Waals surface area contributed by atoms with E-state index in [4.69, 9.17) is 0 Å². The van der Waals surface area contributed by atoms with Crippen molar-refractivity contribution in [2.45, 2.75) is 13.1 Å². The first-order chi connectivity index (χ1) is 6.45. The molecule has 0 fully saturated rings. The van der Waals surface area contributed by atoms with Gasteiger partial charge in [-0.05, 0) is 0 Å². The summed E-state index contributed by atoms with van der Waals surface area (Å²) in [6.07, 6.45) is 5.59. The second-order valence-electron chi connectivity index (χ2n) is 2.68. The molecule has 68 valence electrons. The zero-order valence-electron chi connectivity index (χ0n) is 7.03. The Morgan fingerprint density at radius 1 is 1.38 bits per heavy atom. The summed E-state index contributed by atoms with van der Waals surface area (Å²) in [6, 6.07) is 0. The highest BCUT2D eigenvalue weighted by Gasteiger charge is 1.95. The Morgan fingerprint density at radius 2 is 2.38 bits per heavy atom. The number of hydrogen-bond donors (Lipinski definition) is 2. The van der Waals surface area contributed by atoms with Gasteiger partial charge in [0.05, 0.1) is 11.7 Å². The Labute approximate surface area is 80.0 Å². The molecular formula is C8H10N4S. The molecule has 0 radical (unpaired) electrons. The zero-order chi connectivity index (χ0) is 8.93. The molecule has 0 saturated heterocycles. The summed E-state index contributed by atoms with van der Waals surface area (Å²) in [6.45, 7) is 1.71. The van der Waals surface area contributed by atoms with Crippen LogP contribution in [0.5, 0.6) is 0 Å². The highest BCUT2D eigenvalue weighted by molar-refractivity contribution is 7.09. The maximum Gasteiger partial charge on any atom is 0.0794 e. The maximum atomic E-state index is 4.00. The van der Waals surface area contributed by atoms with Crippen LogP contribution in [0.1, 0.15) is 10.4 Å². The number of hydrogen-bond acceptors (Lipinski definition) is 4. The van der Waals surface area contributed by atoms with Crippen LogP contribution in [0.25, 0.3) is 0 Å². The van der Waals surface area contributed by atoms with Gasteiger partial charge in [-0.25, -0.2) is 0 Å². The summed E-state index contributed by atoms with van der Waals surface area (Å²) < 4.78 is 0. The molecule has 5 heteroatoms. The van der Waals surface area contributed by atoms with Crippen molar-refractivity contribution in [2.24, 2.45) is 0 Å². The van der Waals surface area contributed by atoms with Gasteiger partial charge in [-0.15, -0.1) is 11.3 Å². The molecule has 2 aromatic heterocycles. The first-order valence-corrected chi connectivity index (χ1v) is 4.89. The molecular weight excluding hydrogens is 184 g/mol. The van der Waals surface area contributed by atoms with Crippen molar-refractivity contribution < 1.29 is 0 Å². The summed E-state index contributed by atoms with van der Waals surface area (Å²) in [7, 11) is 0. The zero-order valence-corrected chi connectivity index (χ0v) is 7.84. The van der Waals surface area contributed by atoms with Crippen molar-refractivity contribution in [3.05, 3.63) is 34.5 Å². The fourth-order valence-electron chi connectivity index (χ4n) is 1.03. The number of thiazole rings is 1. The second-order valence-corrected chi connectivity index (χ2v) is 3.65. The average molecular weight is 194 g/mol. The Kier molecular flexibility index (Phi) is 2.68. The van der Waals surface area contributed by atoms with Crippen LogP contribution < -0.4 is 5.32 Å². The van der Waals surface area contributed by atoms with Crippen molar-refractivity contribution in [2.75, 3.05) is 0 Å². The molecule has 13 heavy (non-hydrogen) atoms. The number of H-pyrrole nitrogens is 1. The molecule has 0 bridgehead atoms. The molecule has 0 aliphatic rings. The third-order valence-corrected chi connectivity index (χ3v) is 2.45. The minimum Gasteiger partial charge on any atom is -0.308 e. The number of nitrogens with one attached hydrogen (secondary N) is 2. The molecule has 4 nitrogen and oxygen atoms in total. The van der Waals surface area contributed by atoms with Gasteiger partial charge in [0.1, 0.15) is 0 Å². The largest absolute Gasteiger partial charge is 0.308 e. The normalized spacial score (nSPS) is 10.5. The van der Waals surface area contributed by atoms with Gasteiger partial charge in [0.2, 0.25) is 0 Å². The fourth-order valence-corrected chi connectivity index (χ4v) is 1.60. The number of aromatic amines is 1. The predicted molar refractivity (Wildman–Crippen MR) is 51.2 cm³/mol. The molecule has 0 aliphatic carbocycles. The Bertz CT molecular complexity index is 293. The number of nitrogens with zero attached hydrogens (tertiary/aromatic N) is 2. The lowest BCUT2D eigenvalue weighted by atomic mass is 10.3. The van der Waals surface area contributed by atoms with E-state index in [-0.39, 0.29) is 0 Å². The standard InChI is InChI=1S/C8H10N4S/c1(7-2-11-12-3-7)9-4-8-5-10-6-13-8/h2-3,5-6,9H,1,4H2,(H,11,12). The van der Waals surface area contributed by atoms with Crippen LogP contribution in [-0.4, -0.2) is 15.2 Å². The minimum atomic E-state index is 0.842. The Morgan fingerprint density at radius 3 is 3.08 bits per heavy atom. The molecule has 0 aromatic carbocycles. The van der Waals surface area contributed by atoms with Crippen molar-refractivity contribution in [3.63, 3.8) is 0 Å². The van der Waals surface area contributed by atoms with E-state index in [0.29, 0.717) is 0 Å². The van der Waals surface area contributed by atoms with Crippen molar-refractivity contribution in [1.82, 2.24) is 20.5 Å². The van der Waals surface area contributed by atoms with Gasteiger partial charge in [-0.2, -0.15) is 5.10 Å². The van der Waals surface area contributed by atoms with Gasteiger partial charge >= 0.3 is 0 Å². The van der Waals surface area contributed by atoms with Crippen LogP contribution in [0.3, 0.4) is 0 Å². The van der Waals surface area contributed by atoms with E-state index in [0.717, 1.165) is 13.1 Å². The molecule has 2 heterocycles. The van der Waals surface area contributed by atoms with E-state index in [1.54, 1.807) is 11.3 Å².